The summed E-state index contributed by atoms with van der Waals surface area (Å²) < 4.78 is 22.8. The Bertz CT molecular complexity index is 839. The average Bonchev–Trinajstić information content (AvgIpc) is 2.73. The van der Waals surface area contributed by atoms with Crippen molar-refractivity contribution in [3.05, 3.63) is 59.2 Å². The van der Waals surface area contributed by atoms with Crippen molar-refractivity contribution < 1.29 is 18.9 Å². The van der Waals surface area contributed by atoms with Gasteiger partial charge in [0.15, 0.2) is 0 Å². The Morgan fingerprint density at radius 2 is 1.29 bits per heavy atom. The SMILES string of the molecule is CCC1(COCc2ccc(-c3ccc(COCC4(CC)COC4)c(C)c3)cc2)COC1. The topological polar surface area (TPSA) is 36.9 Å². The lowest BCUT2D eigenvalue weighted by Gasteiger charge is -2.40. The average molecular weight is 425 g/mol. The van der Waals surface area contributed by atoms with Crippen molar-refractivity contribution in [2.75, 3.05) is 39.6 Å². The molecule has 0 spiro atoms. The Balaban J connectivity index is 1.29. The molecule has 4 nitrogen and oxygen atoms in total. The zero-order valence-electron chi connectivity index (χ0n) is 19.2. The van der Waals surface area contributed by atoms with Gasteiger partial charge in [-0.25, -0.2) is 0 Å². The summed E-state index contributed by atoms with van der Waals surface area (Å²) in [5, 5.41) is 0. The fourth-order valence-electron chi connectivity index (χ4n) is 4.15. The summed E-state index contributed by atoms with van der Waals surface area (Å²) in [5.41, 5.74) is 6.68. The molecule has 2 saturated heterocycles. The number of hydrogen-bond donors (Lipinski definition) is 0. The van der Waals surface area contributed by atoms with E-state index in [1.54, 1.807) is 0 Å². The largest absolute Gasteiger partial charge is 0.380 e. The highest BCUT2D eigenvalue weighted by Gasteiger charge is 2.37. The van der Waals surface area contributed by atoms with Gasteiger partial charge < -0.3 is 18.9 Å². The molecule has 2 aliphatic heterocycles. The predicted octanol–water partition coefficient (Wildman–Crippen LogP) is 5.55. The molecular formula is C27H36O4. The minimum absolute atomic E-state index is 0.238. The second-order valence-corrected chi connectivity index (χ2v) is 9.52. The van der Waals surface area contributed by atoms with Crippen LogP contribution in [0.4, 0.5) is 0 Å². The molecule has 0 atom stereocenters. The van der Waals surface area contributed by atoms with E-state index in [1.165, 1.54) is 27.8 Å². The van der Waals surface area contributed by atoms with Crippen molar-refractivity contribution in [1.29, 1.82) is 0 Å². The highest BCUT2D eigenvalue weighted by molar-refractivity contribution is 5.65. The molecule has 168 valence electrons. The summed E-state index contributed by atoms with van der Waals surface area (Å²) in [6.45, 7) is 12.8. The number of aryl methyl sites for hydroxylation is 1. The third kappa shape index (κ3) is 5.20. The lowest BCUT2D eigenvalue weighted by molar-refractivity contribution is -0.152. The van der Waals surface area contributed by atoms with Gasteiger partial charge in [-0.2, -0.15) is 0 Å². The van der Waals surface area contributed by atoms with Crippen LogP contribution in [0.25, 0.3) is 11.1 Å². The normalized spacial score (nSPS) is 18.9. The zero-order valence-corrected chi connectivity index (χ0v) is 19.2. The Labute approximate surface area is 186 Å². The second kappa shape index (κ2) is 9.83. The van der Waals surface area contributed by atoms with Gasteiger partial charge in [0.2, 0.25) is 0 Å². The first kappa shape index (κ1) is 22.5. The van der Waals surface area contributed by atoms with Crippen LogP contribution in [-0.4, -0.2) is 39.6 Å². The number of benzene rings is 2. The van der Waals surface area contributed by atoms with E-state index in [9.17, 15) is 0 Å². The van der Waals surface area contributed by atoms with E-state index in [2.05, 4.69) is 63.2 Å². The molecule has 0 saturated carbocycles. The van der Waals surface area contributed by atoms with Crippen LogP contribution >= 0.6 is 0 Å². The lowest BCUT2D eigenvalue weighted by Crippen LogP contribution is -2.45. The first-order valence-corrected chi connectivity index (χ1v) is 11.6. The highest BCUT2D eigenvalue weighted by Crippen LogP contribution is 2.33. The van der Waals surface area contributed by atoms with Crippen molar-refractivity contribution in [1.82, 2.24) is 0 Å². The van der Waals surface area contributed by atoms with Crippen LogP contribution < -0.4 is 0 Å². The molecule has 4 heteroatoms. The fourth-order valence-corrected chi connectivity index (χ4v) is 4.15. The maximum absolute atomic E-state index is 6.04. The van der Waals surface area contributed by atoms with E-state index in [1.807, 2.05) is 0 Å². The van der Waals surface area contributed by atoms with E-state index >= 15 is 0 Å². The second-order valence-electron chi connectivity index (χ2n) is 9.52. The van der Waals surface area contributed by atoms with Gasteiger partial charge in [-0.3, -0.25) is 0 Å². The smallest absolute Gasteiger partial charge is 0.0719 e. The van der Waals surface area contributed by atoms with Crippen molar-refractivity contribution in [3.8, 4) is 11.1 Å². The van der Waals surface area contributed by atoms with Gasteiger partial charge in [0.05, 0.1) is 52.9 Å². The standard InChI is InChI=1S/C27H36O4/c1-4-26(17-30-18-26)15-28-13-22-6-8-23(9-7-22)24-10-11-25(21(3)12-24)14-29-16-27(5-2)19-31-20-27/h6-12H,4-5,13-20H2,1-3H3. The minimum atomic E-state index is 0.238. The van der Waals surface area contributed by atoms with Gasteiger partial charge in [-0.05, 0) is 47.6 Å². The van der Waals surface area contributed by atoms with Crippen molar-refractivity contribution in [3.63, 3.8) is 0 Å². The van der Waals surface area contributed by atoms with Crippen molar-refractivity contribution in [2.45, 2.75) is 46.8 Å². The van der Waals surface area contributed by atoms with Gasteiger partial charge >= 0.3 is 0 Å². The molecule has 2 heterocycles. The summed E-state index contributed by atoms with van der Waals surface area (Å²) in [5.74, 6) is 0. The highest BCUT2D eigenvalue weighted by atomic mass is 16.5. The van der Waals surface area contributed by atoms with E-state index in [0.717, 1.165) is 52.5 Å². The fraction of sp³-hybridized carbons (Fsp3) is 0.556. The number of hydrogen-bond acceptors (Lipinski definition) is 4. The van der Waals surface area contributed by atoms with Crippen LogP contribution in [0.3, 0.4) is 0 Å². The molecule has 0 amide bonds. The van der Waals surface area contributed by atoms with Gasteiger partial charge in [0.1, 0.15) is 0 Å². The first-order valence-electron chi connectivity index (χ1n) is 11.6. The first-order chi connectivity index (χ1) is 15.1. The maximum atomic E-state index is 6.04. The summed E-state index contributed by atoms with van der Waals surface area (Å²) in [6, 6.07) is 15.4. The van der Waals surface area contributed by atoms with Crippen molar-refractivity contribution in [2.24, 2.45) is 10.8 Å². The third-order valence-corrected chi connectivity index (χ3v) is 7.11. The molecule has 2 fully saturated rings. The molecule has 4 rings (SSSR count). The molecular weight excluding hydrogens is 388 g/mol. The molecule has 2 aromatic carbocycles. The molecule has 2 aromatic rings. The Morgan fingerprint density at radius 1 is 0.742 bits per heavy atom. The maximum Gasteiger partial charge on any atom is 0.0719 e. The summed E-state index contributed by atoms with van der Waals surface area (Å²) in [6.07, 6.45) is 2.22. The molecule has 31 heavy (non-hydrogen) atoms. The minimum Gasteiger partial charge on any atom is -0.380 e. The van der Waals surface area contributed by atoms with Crippen molar-refractivity contribution >= 4 is 0 Å². The zero-order chi connectivity index (χ0) is 21.7. The van der Waals surface area contributed by atoms with Crippen LogP contribution in [0.1, 0.15) is 43.4 Å². The Kier molecular flexibility index (Phi) is 7.12. The van der Waals surface area contributed by atoms with E-state index < -0.39 is 0 Å². The van der Waals surface area contributed by atoms with Gasteiger partial charge in [-0.15, -0.1) is 0 Å². The van der Waals surface area contributed by atoms with Gasteiger partial charge in [0.25, 0.3) is 0 Å². The van der Waals surface area contributed by atoms with E-state index in [4.69, 9.17) is 18.9 Å². The van der Waals surface area contributed by atoms with Crippen LogP contribution in [0.5, 0.6) is 0 Å². The Morgan fingerprint density at radius 3 is 1.77 bits per heavy atom. The molecule has 0 radical (unpaired) electrons. The quantitative estimate of drug-likeness (QED) is 0.474. The van der Waals surface area contributed by atoms with Crippen LogP contribution in [0.15, 0.2) is 42.5 Å². The molecule has 0 aromatic heterocycles. The molecule has 0 bridgehead atoms. The molecule has 2 aliphatic rings. The summed E-state index contributed by atoms with van der Waals surface area (Å²) in [4.78, 5) is 0. The Hall–Kier alpha value is -1.72. The summed E-state index contributed by atoms with van der Waals surface area (Å²) in [7, 11) is 0. The third-order valence-electron chi connectivity index (χ3n) is 7.11. The molecule has 0 aliphatic carbocycles. The number of rotatable bonds is 11. The van der Waals surface area contributed by atoms with E-state index in [-0.39, 0.29) is 10.8 Å². The van der Waals surface area contributed by atoms with E-state index in [0.29, 0.717) is 13.2 Å². The number of ether oxygens (including phenoxy) is 4. The monoisotopic (exact) mass is 424 g/mol. The van der Waals surface area contributed by atoms with Gasteiger partial charge in [-0.1, -0.05) is 56.3 Å². The van der Waals surface area contributed by atoms with Crippen LogP contribution in [0, 0.1) is 17.8 Å². The van der Waals surface area contributed by atoms with Crippen LogP contribution in [0.2, 0.25) is 0 Å². The lowest BCUT2D eigenvalue weighted by atomic mass is 9.84. The van der Waals surface area contributed by atoms with Gasteiger partial charge in [0, 0.05) is 10.8 Å². The summed E-state index contributed by atoms with van der Waals surface area (Å²) >= 11 is 0. The molecule has 0 unspecified atom stereocenters. The van der Waals surface area contributed by atoms with Crippen LogP contribution in [-0.2, 0) is 32.2 Å². The molecule has 0 N–H and O–H groups in total. The predicted molar refractivity (Wildman–Crippen MR) is 123 cm³/mol.